The zero-order chi connectivity index (χ0) is 24.1. The highest BCUT2D eigenvalue weighted by Gasteiger charge is 2.36. The van der Waals surface area contributed by atoms with Crippen molar-refractivity contribution >= 4 is 34.6 Å². The summed E-state index contributed by atoms with van der Waals surface area (Å²) in [6.45, 7) is 1.30. The van der Waals surface area contributed by atoms with Crippen molar-refractivity contribution in [3.63, 3.8) is 0 Å². The number of benzene rings is 1. The number of amides is 3. The summed E-state index contributed by atoms with van der Waals surface area (Å²) in [7, 11) is 0. The lowest BCUT2D eigenvalue weighted by atomic mass is 10.0. The molecule has 1 saturated heterocycles. The number of carboxylic acid groups (broad SMARTS) is 1. The molecule has 3 amide bonds. The molecule has 7 N–H and O–H groups in total. The van der Waals surface area contributed by atoms with E-state index in [-0.39, 0.29) is 13.0 Å². The standard InChI is InChI=1S/C22H29N5O6/c1-12(28)19(23)21(31)25-11-18(29)27-8-4-7-17(27)20(30)26-16(22(32)33)9-13-10-24-15-6-3-2-5-14(13)15/h2-3,5-6,10,12,16-17,19,24,28H,4,7-9,11,23H2,1H3,(H,25,31)(H,26,30)(H,32,33). The maximum atomic E-state index is 12.9. The Labute approximate surface area is 190 Å². The lowest BCUT2D eigenvalue weighted by Gasteiger charge is -2.26. The summed E-state index contributed by atoms with van der Waals surface area (Å²) in [5.74, 6) is -2.89. The summed E-state index contributed by atoms with van der Waals surface area (Å²) >= 11 is 0. The van der Waals surface area contributed by atoms with Crippen molar-refractivity contribution in [1.29, 1.82) is 0 Å². The van der Waals surface area contributed by atoms with Crippen LogP contribution in [0.5, 0.6) is 0 Å². The Morgan fingerprint density at radius 2 is 2.00 bits per heavy atom. The number of aromatic amines is 1. The molecule has 178 valence electrons. The predicted molar refractivity (Wildman–Crippen MR) is 119 cm³/mol. The summed E-state index contributed by atoms with van der Waals surface area (Å²) in [6.07, 6.45) is 1.69. The minimum absolute atomic E-state index is 0.0824. The lowest BCUT2D eigenvalue weighted by Crippen LogP contribution is -2.54. The third-order valence-electron chi connectivity index (χ3n) is 5.83. The predicted octanol–water partition coefficient (Wildman–Crippen LogP) is -0.905. The summed E-state index contributed by atoms with van der Waals surface area (Å²) in [5, 5.41) is 24.8. The molecule has 1 aromatic carbocycles. The normalized spacial score (nSPS) is 18.5. The van der Waals surface area contributed by atoms with Gasteiger partial charge in [0, 0.05) is 30.1 Å². The molecular formula is C22H29N5O6. The number of likely N-dealkylation sites (tertiary alicyclic amines) is 1. The molecule has 0 radical (unpaired) electrons. The van der Waals surface area contributed by atoms with Gasteiger partial charge in [-0.2, -0.15) is 0 Å². The molecule has 0 spiro atoms. The van der Waals surface area contributed by atoms with Crippen molar-refractivity contribution in [3.05, 3.63) is 36.0 Å². The van der Waals surface area contributed by atoms with E-state index >= 15 is 0 Å². The Morgan fingerprint density at radius 1 is 1.27 bits per heavy atom. The van der Waals surface area contributed by atoms with Crippen molar-refractivity contribution in [1.82, 2.24) is 20.5 Å². The lowest BCUT2D eigenvalue weighted by molar-refractivity contribution is -0.144. The fourth-order valence-corrected chi connectivity index (χ4v) is 3.93. The minimum Gasteiger partial charge on any atom is -0.480 e. The number of carbonyl (C=O) groups excluding carboxylic acids is 3. The highest BCUT2D eigenvalue weighted by atomic mass is 16.4. The first-order valence-corrected chi connectivity index (χ1v) is 10.8. The van der Waals surface area contributed by atoms with E-state index in [0.717, 1.165) is 16.5 Å². The monoisotopic (exact) mass is 459 g/mol. The van der Waals surface area contributed by atoms with E-state index in [1.54, 1.807) is 6.20 Å². The number of aliphatic hydroxyl groups is 1. The Hall–Kier alpha value is -3.44. The van der Waals surface area contributed by atoms with Gasteiger partial charge in [-0.3, -0.25) is 14.4 Å². The van der Waals surface area contributed by atoms with Crippen LogP contribution in [-0.4, -0.2) is 81.1 Å². The van der Waals surface area contributed by atoms with Crippen LogP contribution in [0.15, 0.2) is 30.5 Å². The van der Waals surface area contributed by atoms with Crippen LogP contribution < -0.4 is 16.4 Å². The van der Waals surface area contributed by atoms with E-state index in [0.29, 0.717) is 19.4 Å². The number of para-hydroxylation sites is 1. The molecule has 0 bridgehead atoms. The van der Waals surface area contributed by atoms with Gasteiger partial charge in [0.25, 0.3) is 0 Å². The van der Waals surface area contributed by atoms with Crippen LogP contribution >= 0.6 is 0 Å². The number of nitrogens with one attached hydrogen (secondary N) is 3. The molecule has 4 atom stereocenters. The van der Waals surface area contributed by atoms with Crippen molar-refractivity contribution < 1.29 is 29.4 Å². The van der Waals surface area contributed by atoms with E-state index in [1.165, 1.54) is 11.8 Å². The topological polar surface area (TPSA) is 178 Å². The van der Waals surface area contributed by atoms with E-state index in [4.69, 9.17) is 5.73 Å². The zero-order valence-corrected chi connectivity index (χ0v) is 18.3. The van der Waals surface area contributed by atoms with Gasteiger partial charge in [0.1, 0.15) is 18.1 Å². The highest BCUT2D eigenvalue weighted by Crippen LogP contribution is 2.21. The molecule has 33 heavy (non-hydrogen) atoms. The maximum absolute atomic E-state index is 12.9. The average Bonchev–Trinajstić information content (AvgIpc) is 3.43. The molecule has 11 heteroatoms. The van der Waals surface area contributed by atoms with Crippen LogP contribution in [0.2, 0.25) is 0 Å². The molecule has 2 heterocycles. The average molecular weight is 460 g/mol. The number of aromatic nitrogens is 1. The van der Waals surface area contributed by atoms with Crippen LogP contribution in [0.25, 0.3) is 10.9 Å². The van der Waals surface area contributed by atoms with Crippen LogP contribution in [0.3, 0.4) is 0 Å². The number of fused-ring (bicyclic) bond motifs is 1. The molecular weight excluding hydrogens is 430 g/mol. The van der Waals surface area contributed by atoms with Gasteiger partial charge in [0.2, 0.25) is 17.7 Å². The number of aliphatic carboxylic acids is 1. The number of nitrogens with two attached hydrogens (primary N) is 1. The minimum atomic E-state index is -1.18. The van der Waals surface area contributed by atoms with Crippen molar-refractivity contribution in [2.75, 3.05) is 13.1 Å². The van der Waals surface area contributed by atoms with E-state index in [9.17, 15) is 29.4 Å². The number of rotatable bonds is 9. The molecule has 0 saturated carbocycles. The molecule has 1 aromatic heterocycles. The first-order chi connectivity index (χ1) is 15.7. The second-order valence-electron chi connectivity index (χ2n) is 8.19. The summed E-state index contributed by atoms with van der Waals surface area (Å²) < 4.78 is 0. The number of carboxylic acids is 1. The first kappa shape index (κ1) is 24.2. The van der Waals surface area contributed by atoms with Gasteiger partial charge >= 0.3 is 5.97 Å². The number of nitrogens with zero attached hydrogens (tertiary/aromatic N) is 1. The van der Waals surface area contributed by atoms with E-state index < -0.39 is 47.9 Å². The van der Waals surface area contributed by atoms with Crippen molar-refractivity contribution in [3.8, 4) is 0 Å². The zero-order valence-electron chi connectivity index (χ0n) is 18.3. The molecule has 1 aliphatic heterocycles. The molecule has 11 nitrogen and oxygen atoms in total. The number of carbonyl (C=O) groups is 4. The van der Waals surface area contributed by atoms with E-state index in [2.05, 4.69) is 15.6 Å². The van der Waals surface area contributed by atoms with Crippen molar-refractivity contribution in [2.24, 2.45) is 5.73 Å². The quantitative estimate of drug-likeness (QED) is 0.281. The molecule has 3 rings (SSSR count). The van der Waals surface area contributed by atoms with Crippen molar-refractivity contribution in [2.45, 2.75) is 50.4 Å². The van der Waals surface area contributed by atoms with Crippen LogP contribution in [-0.2, 0) is 25.6 Å². The van der Waals surface area contributed by atoms with Gasteiger partial charge < -0.3 is 36.5 Å². The molecule has 1 aliphatic rings. The first-order valence-electron chi connectivity index (χ1n) is 10.8. The Kier molecular flexibility index (Phi) is 7.67. The number of H-pyrrole nitrogens is 1. The summed E-state index contributed by atoms with van der Waals surface area (Å²) in [4.78, 5) is 53.6. The van der Waals surface area contributed by atoms with Gasteiger partial charge in [-0.15, -0.1) is 0 Å². The molecule has 2 aromatic rings. The Bertz CT molecular complexity index is 1040. The second-order valence-corrected chi connectivity index (χ2v) is 8.19. The molecule has 4 unspecified atom stereocenters. The maximum Gasteiger partial charge on any atom is 0.326 e. The van der Waals surface area contributed by atoms with Gasteiger partial charge in [0.05, 0.1) is 12.6 Å². The van der Waals surface area contributed by atoms with Crippen LogP contribution in [0.4, 0.5) is 0 Å². The third kappa shape index (κ3) is 5.68. The van der Waals surface area contributed by atoms with Gasteiger partial charge in [-0.25, -0.2) is 4.79 Å². The molecule has 1 fully saturated rings. The third-order valence-corrected chi connectivity index (χ3v) is 5.83. The smallest absolute Gasteiger partial charge is 0.326 e. The van der Waals surface area contributed by atoms with Crippen LogP contribution in [0.1, 0.15) is 25.3 Å². The Balaban J connectivity index is 1.62. The molecule has 0 aliphatic carbocycles. The van der Waals surface area contributed by atoms with Crippen LogP contribution in [0, 0.1) is 0 Å². The fourth-order valence-electron chi connectivity index (χ4n) is 3.93. The highest BCUT2D eigenvalue weighted by molar-refractivity contribution is 5.93. The largest absolute Gasteiger partial charge is 0.480 e. The number of hydrogen-bond acceptors (Lipinski definition) is 6. The van der Waals surface area contributed by atoms with Gasteiger partial charge in [-0.05, 0) is 31.4 Å². The second kappa shape index (κ2) is 10.5. The number of hydrogen-bond donors (Lipinski definition) is 6. The van der Waals surface area contributed by atoms with Gasteiger partial charge in [0.15, 0.2) is 0 Å². The summed E-state index contributed by atoms with van der Waals surface area (Å²) in [6, 6.07) is 4.30. The number of aliphatic hydroxyl groups excluding tert-OH is 1. The summed E-state index contributed by atoms with van der Waals surface area (Å²) in [5.41, 5.74) is 7.17. The Morgan fingerprint density at radius 3 is 2.70 bits per heavy atom. The van der Waals surface area contributed by atoms with Gasteiger partial charge in [-0.1, -0.05) is 18.2 Å². The SMILES string of the molecule is CC(O)C(N)C(=O)NCC(=O)N1CCCC1C(=O)NC(Cc1c[nH]c2ccccc12)C(=O)O. The van der Waals surface area contributed by atoms with E-state index in [1.807, 2.05) is 24.3 Å². The fraction of sp³-hybridized carbons (Fsp3) is 0.455.